The van der Waals surface area contributed by atoms with E-state index in [1.807, 2.05) is 0 Å². The van der Waals surface area contributed by atoms with Gasteiger partial charge in [0.15, 0.2) is 17.6 Å². The summed E-state index contributed by atoms with van der Waals surface area (Å²) < 4.78 is 6.38. The molecule has 0 unspecified atom stereocenters. The van der Waals surface area contributed by atoms with Crippen molar-refractivity contribution < 1.29 is 14.0 Å². The monoisotopic (exact) mass is 198 g/mol. The van der Waals surface area contributed by atoms with Gasteiger partial charge in [0.1, 0.15) is 6.54 Å². The molecule has 0 bridgehead atoms. The number of ketones is 1. The molecule has 1 atom stereocenters. The first-order valence-corrected chi connectivity index (χ1v) is 5.14. The van der Waals surface area contributed by atoms with E-state index in [1.165, 1.54) is 0 Å². The lowest BCUT2D eigenvalue weighted by molar-refractivity contribution is -0.866. The summed E-state index contributed by atoms with van der Waals surface area (Å²) in [5.74, 6) is 0.969. The molecule has 0 spiro atoms. The first kappa shape index (κ1) is 11.2. The van der Waals surface area contributed by atoms with Crippen LogP contribution in [0.1, 0.15) is 19.8 Å². The highest BCUT2D eigenvalue weighted by Crippen LogP contribution is 2.19. The number of rotatable bonds is 4. The van der Waals surface area contributed by atoms with Crippen molar-refractivity contribution >= 4 is 5.78 Å². The smallest absolute Gasteiger partial charge is 0.199 e. The normalized spacial score (nSPS) is 22.1. The van der Waals surface area contributed by atoms with Crippen molar-refractivity contribution in [2.45, 2.75) is 25.9 Å². The number of carbonyl (C=O) groups excluding carboxylic acids is 1. The van der Waals surface area contributed by atoms with E-state index >= 15 is 0 Å². The Morgan fingerprint density at radius 2 is 2.07 bits per heavy atom. The van der Waals surface area contributed by atoms with Gasteiger partial charge < -0.3 is 9.22 Å². The van der Waals surface area contributed by atoms with E-state index in [0.717, 1.165) is 29.6 Å². The van der Waals surface area contributed by atoms with E-state index in [2.05, 4.69) is 28.1 Å². The largest absolute Gasteiger partial charge is 0.481 e. The zero-order chi connectivity index (χ0) is 10.8. The fourth-order valence-electron chi connectivity index (χ4n) is 1.54. The molecule has 1 aliphatic rings. The number of nitrogens with zero attached hydrogens (tertiary/aromatic N) is 1. The van der Waals surface area contributed by atoms with Crippen molar-refractivity contribution in [1.29, 1.82) is 0 Å². The Hall–Kier alpha value is -0.830. The van der Waals surface area contributed by atoms with Crippen molar-refractivity contribution in [2.24, 2.45) is 0 Å². The second-order valence-electron chi connectivity index (χ2n) is 4.86. The summed E-state index contributed by atoms with van der Waals surface area (Å²) >= 11 is 0. The first-order valence-electron chi connectivity index (χ1n) is 5.14. The number of ether oxygens (including phenoxy) is 1. The fraction of sp³-hybridized carbons (Fsp3) is 0.727. The summed E-state index contributed by atoms with van der Waals surface area (Å²) in [6, 6.07) is 0. The Labute approximate surface area is 85.9 Å². The Kier molecular flexibility index (Phi) is 3.32. The molecule has 3 nitrogen and oxygen atoms in total. The summed E-state index contributed by atoms with van der Waals surface area (Å²) in [5.41, 5.74) is 0. The van der Waals surface area contributed by atoms with Crippen LogP contribution in [0.25, 0.3) is 0 Å². The van der Waals surface area contributed by atoms with Gasteiger partial charge in [-0.1, -0.05) is 13.3 Å². The number of quaternary nitrogens is 1. The molecule has 3 heteroatoms. The van der Waals surface area contributed by atoms with E-state index in [-0.39, 0.29) is 11.9 Å². The minimum Gasteiger partial charge on any atom is -0.481 e. The van der Waals surface area contributed by atoms with E-state index in [9.17, 15) is 4.79 Å². The highest BCUT2D eigenvalue weighted by Gasteiger charge is 2.28. The van der Waals surface area contributed by atoms with Crippen molar-refractivity contribution in [1.82, 2.24) is 0 Å². The van der Waals surface area contributed by atoms with Crippen LogP contribution in [0, 0.1) is 0 Å². The quantitative estimate of drug-likeness (QED) is 0.637. The van der Waals surface area contributed by atoms with Crippen molar-refractivity contribution in [3.63, 3.8) is 0 Å². The number of hydrogen-bond donors (Lipinski definition) is 0. The minimum atomic E-state index is -0.207. The van der Waals surface area contributed by atoms with E-state index in [4.69, 9.17) is 4.74 Å². The zero-order valence-electron chi connectivity index (χ0n) is 9.54. The molecular weight excluding hydrogens is 178 g/mol. The third-order valence-corrected chi connectivity index (χ3v) is 2.10. The third kappa shape index (κ3) is 3.14. The van der Waals surface area contributed by atoms with Gasteiger partial charge in [0.2, 0.25) is 0 Å². The molecule has 0 saturated carbocycles. The summed E-state index contributed by atoms with van der Waals surface area (Å²) in [5, 5.41) is 0. The Morgan fingerprint density at radius 3 is 2.57 bits per heavy atom. The van der Waals surface area contributed by atoms with Gasteiger partial charge in [-0.15, -0.1) is 0 Å². The molecule has 80 valence electrons. The maximum atomic E-state index is 11.5. The van der Waals surface area contributed by atoms with Crippen LogP contribution in [0.15, 0.2) is 11.8 Å². The molecule has 0 saturated heterocycles. The molecule has 1 heterocycles. The first-order chi connectivity index (χ1) is 6.42. The lowest BCUT2D eigenvalue weighted by atomic mass is 10.1. The summed E-state index contributed by atoms with van der Waals surface area (Å²) in [6.07, 6.45) is 3.27. The summed E-state index contributed by atoms with van der Waals surface area (Å²) in [6.45, 7) is 2.85. The molecule has 0 aromatic heterocycles. The molecule has 0 N–H and O–H groups in total. The number of hydrogen-bond acceptors (Lipinski definition) is 2. The third-order valence-electron chi connectivity index (χ3n) is 2.10. The molecule has 0 aromatic carbocycles. The van der Waals surface area contributed by atoms with Crippen molar-refractivity contribution in [3.8, 4) is 0 Å². The maximum Gasteiger partial charge on any atom is 0.199 e. The molecule has 0 aliphatic carbocycles. The predicted octanol–water partition coefficient (Wildman–Crippen LogP) is 1.34. The second-order valence-corrected chi connectivity index (χ2v) is 4.86. The number of carbonyl (C=O) groups is 1. The van der Waals surface area contributed by atoms with Gasteiger partial charge in [-0.3, -0.25) is 4.79 Å². The highest BCUT2D eigenvalue weighted by atomic mass is 16.5. The molecule has 0 amide bonds. The highest BCUT2D eigenvalue weighted by molar-refractivity contribution is 5.95. The molecular formula is C11H20NO2+. The van der Waals surface area contributed by atoms with Crippen molar-refractivity contribution in [2.75, 3.05) is 27.7 Å². The van der Waals surface area contributed by atoms with Crippen LogP contribution in [0.2, 0.25) is 0 Å². The van der Waals surface area contributed by atoms with E-state index in [1.54, 1.807) is 6.08 Å². The van der Waals surface area contributed by atoms with Gasteiger partial charge in [-0.2, -0.15) is 0 Å². The molecule has 0 radical (unpaired) electrons. The van der Waals surface area contributed by atoms with Crippen LogP contribution < -0.4 is 0 Å². The van der Waals surface area contributed by atoms with E-state index in [0.29, 0.717) is 0 Å². The average Bonchev–Trinajstić information content (AvgIpc) is 2.28. The van der Waals surface area contributed by atoms with Crippen LogP contribution in [-0.4, -0.2) is 44.1 Å². The molecule has 1 rings (SSSR count). The van der Waals surface area contributed by atoms with E-state index < -0.39 is 0 Å². The fourth-order valence-corrected chi connectivity index (χ4v) is 1.54. The van der Waals surface area contributed by atoms with Gasteiger partial charge in [-0.05, 0) is 6.42 Å². The molecule has 1 aliphatic heterocycles. The van der Waals surface area contributed by atoms with Crippen molar-refractivity contribution in [3.05, 3.63) is 11.8 Å². The van der Waals surface area contributed by atoms with Crippen LogP contribution in [0.5, 0.6) is 0 Å². The standard InChI is InChI=1S/C11H20NO2/c1-5-6-11-10(13)7-9(14-11)8-12(2,3)4/h7,11H,5-6,8H2,1-4H3/q+1/t11-/m0/s1. The van der Waals surface area contributed by atoms with Crippen LogP contribution >= 0.6 is 0 Å². The Morgan fingerprint density at radius 1 is 1.43 bits per heavy atom. The lowest BCUT2D eigenvalue weighted by Gasteiger charge is -2.24. The van der Waals surface area contributed by atoms with Gasteiger partial charge in [0.05, 0.1) is 21.1 Å². The SMILES string of the molecule is CCC[C@@H]1OC(C[N+](C)(C)C)=CC1=O. The van der Waals surface area contributed by atoms with Crippen LogP contribution in [-0.2, 0) is 9.53 Å². The van der Waals surface area contributed by atoms with Gasteiger partial charge in [0.25, 0.3) is 0 Å². The second kappa shape index (κ2) is 4.13. The number of likely N-dealkylation sites (N-methyl/N-ethyl adjacent to an activating group) is 1. The predicted molar refractivity (Wildman–Crippen MR) is 55.8 cm³/mol. The lowest BCUT2D eigenvalue weighted by Crippen LogP contribution is -2.36. The van der Waals surface area contributed by atoms with Gasteiger partial charge in [0, 0.05) is 6.08 Å². The Balaban J connectivity index is 2.52. The Bertz CT molecular complexity index is 251. The molecule has 14 heavy (non-hydrogen) atoms. The zero-order valence-corrected chi connectivity index (χ0v) is 9.54. The molecule has 0 aromatic rings. The average molecular weight is 198 g/mol. The van der Waals surface area contributed by atoms with Gasteiger partial charge in [-0.25, -0.2) is 0 Å². The molecule has 0 fully saturated rings. The van der Waals surface area contributed by atoms with Gasteiger partial charge >= 0.3 is 0 Å². The minimum absolute atomic E-state index is 0.135. The van der Waals surface area contributed by atoms with Crippen LogP contribution in [0.3, 0.4) is 0 Å². The maximum absolute atomic E-state index is 11.5. The summed E-state index contributed by atoms with van der Waals surface area (Å²) in [7, 11) is 6.26. The summed E-state index contributed by atoms with van der Waals surface area (Å²) in [4.78, 5) is 11.5. The topological polar surface area (TPSA) is 26.3 Å². The van der Waals surface area contributed by atoms with Crippen LogP contribution in [0.4, 0.5) is 0 Å².